The number of aliphatic imine (C=N–C) groups is 1. The molecule has 1 aliphatic rings. The molecule has 0 aromatic heterocycles. The summed E-state index contributed by atoms with van der Waals surface area (Å²) >= 11 is 0. The third-order valence-electron chi connectivity index (χ3n) is 4.03. The van der Waals surface area contributed by atoms with Gasteiger partial charge in [0.1, 0.15) is 0 Å². The van der Waals surface area contributed by atoms with Gasteiger partial charge in [-0.1, -0.05) is 24.3 Å². The Balaban J connectivity index is 0.00000312. The van der Waals surface area contributed by atoms with Gasteiger partial charge in [0.05, 0.1) is 13.1 Å². The highest BCUT2D eigenvalue weighted by atomic mass is 127. The fourth-order valence-corrected chi connectivity index (χ4v) is 2.81. The highest BCUT2D eigenvalue weighted by Gasteiger charge is 2.34. The summed E-state index contributed by atoms with van der Waals surface area (Å²) in [6.45, 7) is 5.25. The summed E-state index contributed by atoms with van der Waals surface area (Å²) in [6.07, 6.45) is -3.46. The number of rotatable bonds is 5. The molecule has 142 valence electrons. The number of benzene rings is 1. The maximum atomic E-state index is 12.5. The number of hydrogen-bond acceptors (Lipinski definition) is 2. The Kier molecular flexibility index (Phi) is 8.98. The Bertz CT molecular complexity index is 563. The maximum absolute atomic E-state index is 12.5. The summed E-state index contributed by atoms with van der Waals surface area (Å²) in [4.78, 5) is 5.99. The van der Waals surface area contributed by atoms with Gasteiger partial charge in [0.2, 0.25) is 0 Å². The van der Waals surface area contributed by atoms with Crippen molar-refractivity contribution in [3.05, 3.63) is 35.4 Å². The Labute approximate surface area is 164 Å². The van der Waals surface area contributed by atoms with E-state index in [0.717, 1.165) is 5.56 Å². The molecule has 0 spiro atoms. The highest BCUT2D eigenvalue weighted by Crippen LogP contribution is 2.20. The third-order valence-corrected chi connectivity index (χ3v) is 4.03. The Morgan fingerprint density at radius 2 is 2.04 bits per heavy atom. The van der Waals surface area contributed by atoms with Crippen molar-refractivity contribution in [2.24, 2.45) is 4.99 Å². The number of hydrogen-bond donors (Lipinski definition) is 2. The molecule has 0 bridgehead atoms. The second-order valence-electron chi connectivity index (χ2n) is 6.10. The topological polar surface area (TPSA) is 39.7 Å². The summed E-state index contributed by atoms with van der Waals surface area (Å²) in [7, 11) is 0. The van der Waals surface area contributed by atoms with Gasteiger partial charge < -0.3 is 10.6 Å². The highest BCUT2D eigenvalue weighted by molar-refractivity contribution is 14.0. The molecule has 1 atom stereocenters. The average Bonchev–Trinajstić information content (AvgIpc) is 2.91. The molecule has 1 aliphatic heterocycles. The maximum Gasteiger partial charge on any atom is 0.401 e. The molecule has 25 heavy (non-hydrogen) atoms. The molecule has 4 nitrogen and oxygen atoms in total. The lowest BCUT2D eigenvalue weighted by Gasteiger charge is -2.19. The molecule has 1 unspecified atom stereocenters. The van der Waals surface area contributed by atoms with Gasteiger partial charge in [-0.15, -0.1) is 24.0 Å². The number of guanidine groups is 1. The molecular formula is C17H26F3IN4. The lowest BCUT2D eigenvalue weighted by Crippen LogP contribution is -2.45. The SMILES string of the molecule is CCNC(=NCc1ccccc1C)NC1CCN(CC(F)(F)F)C1.I. The zero-order chi connectivity index (χ0) is 17.6. The van der Waals surface area contributed by atoms with Crippen LogP contribution in [0.3, 0.4) is 0 Å². The molecule has 1 aromatic rings. The first kappa shape index (κ1) is 22.0. The van der Waals surface area contributed by atoms with E-state index in [2.05, 4.69) is 15.6 Å². The van der Waals surface area contributed by atoms with Gasteiger partial charge in [0.15, 0.2) is 5.96 Å². The molecular weight excluding hydrogens is 444 g/mol. The van der Waals surface area contributed by atoms with Crippen molar-refractivity contribution in [1.82, 2.24) is 15.5 Å². The lowest BCUT2D eigenvalue weighted by atomic mass is 10.1. The summed E-state index contributed by atoms with van der Waals surface area (Å²) in [5.41, 5.74) is 2.31. The molecule has 0 radical (unpaired) electrons. The molecule has 1 fully saturated rings. The Hall–Kier alpha value is -1.03. The van der Waals surface area contributed by atoms with Gasteiger partial charge in [0.25, 0.3) is 0 Å². The first-order valence-electron chi connectivity index (χ1n) is 8.26. The first-order valence-corrected chi connectivity index (χ1v) is 8.26. The van der Waals surface area contributed by atoms with E-state index in [1.807, 2.05) is 38.1 Å². The zero-order valence-corrected chi connectivity index (χ0v) is 16.9. The van der Waals surface area contributed by atoms with Crippen LogP contribution in [0.2, 0.25) is 0 Å². The summed E-state index contributed by atoms with van der Waals surface area (Å²) < 4.78 is 37.4. The molecule has 0 saturated carbocycles. The van der Waals surface area contributed by atoms with Crippen LogP contribution in [0.5, 0.6) is 0 Å². The average molecular weight is 470 g/mol. The van der Waals surface area contributed by atoms with E-state index < -0.39 is 12.7 Å². The summed E-state index contributed by atoms with van der Waals surface area (Å²) in [5.74, 6) is 0.652. The van der Waals surface area contributed by atoms with Crippen LogP contribution in [0.15, 0.2) is 29.3 Å². The second-order valence-corrected chi connectivity index (χ2v) is 6.10. The Morgan fingerprint density at radius 1 is 1.32 bits per heavy atom. The predicted molar refractivity (Wildman–Crippen MR) is 105 cm³/mol. The van der Waals surface area contributed by atoms with Crippen LogP contribution in [-0.4, -0.2) is 49.3 Å². The van der Waals surface area contributed by atoms with Crippen LogP contribution in [0.25, 0.3) is 0 Å². The van der Waals surface area contributed by atoms with E-state index in [0.29, 0.717) is 38.6 Å². The minimum absolute atomic E-state index is 0. The van der Waals surface area contributed by atoms with Gasteiger partial charge in [-0.05, 0) is 31.4 Å². The van der Waals surface area contributed by atoms with Crippen molar-refractivity contribution in [3.8, 4) is 0 Å². The van der Waals surface area contributed by atoms with Crippen LogP contribution in [0, 0.1) is 6.92 Å². The normalized spacial score (nSPS) is 18.8. The molecule has 0 aliphatic carbocycles. The number of aryl methyl sites for hydroxylation is 1. The molecule has 0 amide bonds. The summed E-state index contributed by atoms with van der Waals surface area (Å²) in [6, 6.07) is 8.02. The Morgan fingerprint density at radius 3 is 2.68 bits per heavy atom. The number of likely N-dealkylation sites (tertiary alicyclic amines) is 1. The quantitative estimate of drug-likeness (QED) is 0.394. The molecule has 1 saturated heterocycles. The zero-order valence-electron chi connectivity index (χ0n) is 14.6. The fourth-order valence-electron chi connectivity index (χ4n) is 2.81. The van der Waals surface area contributed by atoms with Crippen LogP contribution in [0.1, 0.15) is 24.5 Å². The van der Waals surface area contributed by atoms with Crippen molar-refractivity contribution in [2.45, 2.75) is 39.0 Å². The van der Waals surface area contributed by atoms with E-state index in [-0.39, 0.29) is 30.0 Å². The molecule has 2 N–H and O–H groups in total. The number of nitrogens with one attached hydrogen (secondary N) is 2. The molecule has 1 heterocycles. The lowest BCUT2D eigenvalue weighted by molar-refractivity contribution is -0.143. The third kappa shape index (κ3) is 7.81. The van der Waals surface area contributed by atoms with Crippen LogP contribution < -0.4 is 10.6 Å². The van der Waals surface area contributed by atoms with Gasteiger partial charge in [-0.25, -0.2) is 4.99 Å². The van der Waals surface area contributed by atoms with E-state index in [4.69, 9.17) is 0 Å². The van der Waals surface area contributed by atoms with Crippen molar-refractivity contribution in [1.29, 1.82) is 0 Å². The van der Waals surface area contributed by atoms with Gasteiger partial charge >= 0.3 is 6.18 Å². The van der Waals surface area contributed by atoms with Crippen LogP contribution in [-0.2, 0) is 6.54 Å². The predicted octanol–water partition coefficient (Wildman–Crippen LogP) is 3.30. The van der Waals surface area contributed by atoms with E-state index in [9.17, 15) is 13.2 Å². The molecule has 2 rings (SSSR count). The van der Waals surface area contributed by atoms with E-state index in [1.165, 1.54) is 10.5 Å². The van der Waals surface area contributed by atoms with Gasteiger partial charge in [0, 0.05) is 25.7 Å². The fraction of sp³-hybridized carbons (Fsp3) is 0.588. The van der Waals surface area contributed by atoms with E-state index in [1.54, 1.807) is 0 Å². The van der Waals surface area contributed by atoms with Crippen molar-refractivity contribution >= 4 is 29.9 Å². The largest absolute Gasteiger partial charge is 0.401 e. The van der Waals surface area contributed by atoms with Crippen LogP contribution >= 0.6 is 24.0 Å². The number of halogens is 4. The number of nitrogens with zero attached hydrogens (tertiary/aromatic N) is 2. The van der Waals surface area contributed by atoms with Crippen LogP contribution in [0.4, 0.5) is 13.2 Å². The number of alkyl halides is 3. The van der Waals surface area contributed by atoms with Gasteiger partial charge in [-0.2, -0.15) is 13.2 Å². The van der Waals surface area contributed by atoms with Crippen molar-refractivity contribution < 1.29 is 13.2 Å². The minimum atomic E-state index is -4.14. The molecule has 8 heteroatoms. The van der Waals surface area contributed by atoms with Gasteiger partial charge in [-0.3, -0.25) is 4.90 Å². The second kappa shape index (κ2) is 10.2. The van der Waals surface area contributed by atoms with E-state index >= 15 is 0 Å². The van der Waals surface area contributed by atoms with Crippen molar-refractivity contribution in [3.63, 3.8) is 0 Å². The first-order chi connectivity index (χ1) is 11.4. The minimum Gasteiger partial charge on any atom is -0.357 e. The molecule has 1 aromatic carbocycles. The smallest absolute Gasteiger partial charge is 0.357 e. The van der Waals surface area contributed by atoms with Crippen molar-refractivity contribution in [2.75, 3.05) is 26.2 Å². The monoisotopic (exact) mass is 470 g/mol. The summed E-state index contributed by atoms with van der Waals surface area (Å²) in [5, 5.41) is 6.41. The standard InChI is InChI=1S/C17H25F3N4.HI/c1-3-21-16(22-10-14-7-5-4-6-13(14)2)23-15-8-9-24(11-15)12-17(18,19)20;/h4-7,15H,3,8-12H2,1-2H3,(H2,21,22,23);1H.